The van der Waals surface area contributed by atoms with Crippen molar-refractivity contribution < 1.29 is 0 Å². The zero-order chi connectivity index (χ0) is 43.6. The molecule has 0 aliphatic heterocycles. The highest BCUT2D eigenvalue weighted by Crippen LogP contribution is 2.42. The number of hydrogen-bond donors (Lipinski definition) is 0. The highest BCUT2D eigenvalue weighted by Gasteiger charge is 2.21. The van der Waals surface area contributed by atoms with Crippen molar-refractivity contribution >= 4 is 54.5 Å². The molecule has 0 N–H and O–H groups in total. The summed E-state index contributed by atoms with van der Waals surface area (Å²) in [4.78, 5) is 10.9. The lowest BCUT2D eigenvalue weighted by Gasteiger charge is -2.15. The molecule has 66 heavy (non-hydrogen) atoms. The van der Waals surface area contributed by atoms with Crippen LogP contribution in [0.4, 0.5) is 0 Å². The molecule has 0 atom stereocenters. The van der Waals surface area contributed by atoms with E-state index in [1.807, 2.05) is 0 Å². The van der Waals surface area contributed by atoms with Gasteiger partial charge in [0, 0.05) is 44.0 Å². The summed E-state index contributed by atoms with van der Waals surface area (Å²) in [6.45, 7) is 0. The third-order valence-electron chi connectivity index (χ3n) is 13.1. The van der Waals surface area contributed by atoms with Crippen molar-refractivity contribution in [1.82, 2.24) is 19.1 Å². The molecule has 4 nitrogen and oxygen atoms in total. The molecule has 308 valence electrons. The summed E-state index contributed by atoms with van der Waals surface area (Å²) in [5, 5.41) is 5.82. The monoisotopic (exact) mass is 840 g/mol. The summed E-state index contributed by atoms with van der Waals surface area (Å²) in [7, 11) is 0. The molecular weight excluding hydrogens is 801 g/mol. The molecule has 4 heteroatoms. The van der Waals surface area contributed by atoms with Crippen LogP contribution in [0.15, 0.2) is 243 Å². The largest absolute Gasteiger partial charge is 0.307 e. The van der Waals surface area contributed by atoms with Gasteiger partial charge in [0.15, 0.2) is 0 Å². The molecule has 3 aromatic heterocycles. The molecule has 0 saturated heterocycles. The van der Waals surface area contributed by atoms with Crippen molar-refractivity contribution in [2.75, 3.05) is 0 Å². The van der Waals surface area contributed by atoms with Crippen molar-refractivity contribution in [3.63, 3.8) is 0 Å². The molecule has 13 aromatic rings. The average molecular weight is 841 g/mol. The highest BCUT2D eigenvalue weighted by atomic mass is 15.1. The smallest absolute Gasteiger partial charge is 0.145 e. The number of para-hydroxylation sites is 3. The molecule has 0 saturated carbocycles. The van der Waals surface area contributed by atoms with Crippen LogP contribution in [0.5, 0.6) is 0 Å². The van der Waals surface area contributed by atoms with E-state index >= 15 is 0 Å². The van der Waals surface area contributed by atoms with Gasteiger partial charge >= 0.3 is 0 Å². The SMILES string of the molecule is c1ccc(-c2cc(-c3ccccc3)cc(-n3c(-c4cccc(-c5ccc6c(c5)c5ccc7c8ccccc8c(-c8ccccc8)nc7c5n6-c5ccccc5)c4)nc4ccccc43)c2)cc1. The summed E-state index contributed by atoms with van der Waals surface area (Å²) < 4.78 is 4.73. The Kier molecular flexibility index (Phi) is 8.81. The van der Waals surface area contributed by atoms with Crippen molar-refractivity contribution in [3.8, 4) is 67.4 Å². The maximum atomic E-state index is 5.58. The van der Waals surface area contributed by atoms with Crippen molar-refractivity contribution in [3.05, 3.63) is 243 Å². The maximum Gasteiger partial charge on any atom is 0.145 e. The van der Waals surface area contributed by atoms with E-state index in [-0.39, 0.29) is 0 Å². The van der Waals surface area contributed by atoms with E-state index in [2.05, 4.69) is 252 Å². The zero-order valence-corrected chi connectivity index (χ0v) is 35.9. The van der Waals surface area contributed by atoms with Gasteiger partial charge in [0.2, 0.25) is 0 Å². The Labute approximate surface area is 382 Å². The fraction of sp³-hybridized carbons (Fsp3) is 0. The van der Waals surface area contributed by atoms with Gasteiger partial charge in [-0.25, -0.2) is 9.97 Å². The van der Waals surface area contributed by atoms with Gasteiger partial charge in [-0.1, -0.05) is 182 Å². The van der Waals surface area contributed by atoms with Gasteiger partial charge in [-0.05, 0) is 99.4 Å². The Hall–Kier alpha value is -8.86. The van der Waals surface area contributed by atoms with E-state index in [1.54, 1.807) is 0 Å². The Balaban J connectivity index is 1.01. The lowest BCUT2D eigenvalue weighted by atomic mass is 9.97. The highest BCUT2D eigenvalue weighted by molar-refractivity contribution is 6.23. The molecule has 13 rings (SSSR count). The van der Waals surface area contributed by atoms with E-state index in [4.69, 9.17) is 9.97 Å². The molecular formula is C62H40N4. The minimum absolute atomic E-state index is 0.892. The van der Waals surface area contributed by atoms with Crippen LogP contribution in [0.1, 0.15) is 0 Å². The fourth-order valence-corrected chi connectivity index (χ4v) is 10.0. The number of benzene rings is 10. The van der Waals surface area contributed by atoms with Crippen LogP contribution in [-0.4, -0.2) is 19.1 Å². The molecule has 0 aliphatic carbocycles. The number of rotatable bonds is 7. The van der Waals surface area contributed by atoms with Crippen LogP contribution in [0, 0.1) is 0 Å². The van der Waals surface area contributed by atoms with Crippen LogP contribution in [0.3, 0.4) is 0 Å². The van der Waals surface area contributed by atoms with Gasteiger partial charge in [-0.15, -0.1) is 0 Å². The standard InChI is InChI=1S/C62H40N4/c1-5-18-41(19-6-1)47-37-48(42-20-7-2-8-21-42)39-50(38-47)66-58-31-16-15-30-56(58)63-62(66)46-25-17-24-44(36-46)45-32-35-57-55(40-45)54-34-33-53-51-28-13-14-29-52(51)59(43-22-9-3-10-23-43)64-60(53)61(54)65(57)49-26-11-4-12-27-49/h1-40H. The normalized spacial score (nSPS) is 11.6. The lowest BCUT2D eigenvalue weighted by molar-refractivity contribution is 1.10. The topological polar surface area (TPSA) is 35.6 Å². The van der Waals surface area contributed by atoms with Gasteiger partial charge in [0.1, 0.15) is 5.82 Å². The summed E-state index contributed by atoms with van der Waals surface area (Å²) >= 11 is 0. The second-order valence-corrected chi connectivity index (χ2v) is 17.0. The number of pyridine rings is 1. The molecule has 0 amide bonds. The second kappa shape index (κ2) is 15.4. The third kappa shape index (κ3) is 6.22. The first-order valence-corrected chi connectivity index (χ1v) is 22.5. The van der Waals surface area contributed by atoms with E-state index in [0.29, 0.717) is 0 Å². The molecule has 10 aromatic carbocycles. The number of hydrogen-bond acceptors (Lipinski definition) is 2. The number of imidazole rings is 1. The van der Waals surface area contributed by atoms with Crippen molar-refractivity contribution in [2.45, 2.75) is 0 Å². The summed E-state index contributed by atoms with van der Waals surface area (Å²) in [6.07, 6.45) is 0. The van der Waals surface area contributed by atoms with Crippen LogP contribution >= 0.6 is 0 Å². The third-order valence-corrected chi connectivity index (χ3v) is 13.1. The van der Waals surface area contributed by atoms with Gasteiger partial charge in [-0.2, -0.15) is 0 Å². The first-order valence-electron chi connectivity index (χ1n) is 22.5. The van der Waals surface area contributed by atoms with Crippen LogP contribution < -0.4 is 0 Å². The minimum atomic E-state index is 0.892. The molecule has 0 fully saturated rings. The minimum Gasteiger partial charge on any atom is -0.307 e. The number of fused-ring (bicyclic) bond motifs is 8. The Morgan fingerprint density at radius 2 is 0.833 bits per heavy atom. The molecule has 0 radical (unpaired) electrons. The first-order chi connectivity index (χ1) is 32.7. The van der Waals surface area contributed by atoms with E-state index in [9.17, 15) is 0 Å². The fourth-order valence-electron chi connectivity index (χ4n) is 10.0. The number of nitrogens with zero attached hydrogens (tertiary/aromatic N) is 4. The quantitative estimate of drug-likeness (QED) is 0.150. The summed E-state index contributed by atoms with van der Waals surface area (Å²) in [6, 6.07) is 86.9. The second-order valence-electron chi connectivity index (χ2n) is 17.0. The van der Waals surface area contributed by atoms with Crippen LogP contribution in [0.2, 0.25) is 0 Å². The summed E-state index contributed by atoms with van der Waals surface area (Å²) in [5.41, 5.74) is 17.4. The van der Waals surface area contributed by atoms with E-state index < -0.39 is 0 Å². The van der Waals surface area contributed by atoms with Gasteiger partial charge in [0.25, 0.3) is 0 Å². The predicted molar refractivity (Wildman–Crippen MR) is 275 cm³/mol. The van der Waals surface area contributed by atoms with Crippen molar-refractivity contribution in [1.29, 1.82) is 0 Å². The first kappa shape index (κ1) is 37.7. The zero-order valence-electron chi connectivity index (χ0n) is 35.9. The van der Waals surface area contributed by atoms with Crippen LogP contribution in [0.25, 0.3) is 122 Å². The molecule has 0 aliphatic rings. The number of aromatic nitrogens is 4. The molecule has 0 bridgehead atoms. The van der Waals surface area contributed by atoms with E-state index in [0.717, 1.165) is 100 Å². The van der Waals surface area contributed by atoms with Gasteiger partial charge in [-0.3, -0.25) is 4.57 Å². The predicted octanol–water partition coefficient (Wildman–Crippen LogP) is 16.2. The van der Waals surface area contributed by atoms with Crippen molar-refractivity contribution in [2.24, 2.45) is 0 Å². The Morgan fingerprint density at radius 3 is 1.56 bits per heavy atom. The molecule has 0 spiro atoms. The summed E-state index contributed by atoms with van der Waals surface area (Å²) in [5.74, 6) is 0.892. The molecule has 0 unspecified atom stereocenters. The van der Waals surface area contributed by atoms with Gasteiger partial charge < -0.3 is 4.57 Å². The maximum absolute atomic E-state index is 5.58. The Morgan fingerprint density at radius 1 is 0.273 bits per heavy atom. The van der Waals surface area contributed by atoms with Gasteiger partial charge in [0.05, 0.1) is 33.3 Å². The Bertz CT molecular complexity index is 3910. The molecule has 3 heterocycles. The average Bonchev–Trinajstić information content (AvgIpc) is 3.96. The van der Waals surface area contributed by atoms with E-state index in [1.165, 1.54) is 21.9 Å². The van der Waals surface area contributed by atoms with Crippen LogP contribution in [-0.2, 0) is 0 Å². The lowest BCUT2D eigenvalue weighted by Crippen LogP contribution is -1.99.